The Hall–Kier alpha value is -3.67. The lowest BCUT2D eigenvalue weighted by atomic mass is 10.0. The predicted molar refractivity (Wildman–Crippen MR) is 126 cm³/mol. The number of hydrogen-bond acceptors (Lipinski definition) is 3. The third-order valence-electron chi connectivity index (χ3n) is 5.84. The Labute approximate surface area is 187 Å². The van der Waals surface area contributed by atoms with Gasteiger partial charge in [-0.15, -0.1) is 0 Å². The van der Waals surface area contributed by atoms with Gasteiger partial charge in [0.15, 0.2) is 0 Å². The molecule has 0 saturated carbocycles. The molecule has 0 aromatic heterocycles. The average molecular weight is 430 g/mol. The molecule has 1 aliphatic heterocycles. The van der Waals surface area contributed by atoms with E-state index >= 15 is 0 Å². The van der Waals surface area contributed by atoms with Crippen LogP contribution < -0.4 is 10.6 Å². The van der Waals surface area contributed by atoms with Gasteiger partial charge in [0.2, 0.25) is 5.91 Å². The van der Waals surface area contributed by atoms with E-state index in [4.69, 9.17) is 0 Å². The van der Waals surface area contributed by atoms with Crippen molar-refractivity contribution in [2.45, 2.75) is 26.2 Å². The van der Waals surface area contributed by atoms with E-state index in [-0.39, 0.29) is 17.7 Å². The van der Waals surface area contributed by atoms with Gasteiger partial charge >= 0.3 is 0 Å². The Morgan fingerprint density at radius 3 is 2.62 bits per heavy atom. The van der Waals surface area contributed by atoms with E-state index in [0.29, 0.717) is 42.7 Å². The summed E-state index contributed by atoms with van der Waals surface area (Å²) < 4.78 is 0. The maximum absolute atomic E-state index is 13.0. The molecule has 32 heavy (non-hydrogen) atoms. The molecule has 3 aromatic rings. The van der Waals surface area contributed by atoms with Gasteiger partial charge in [0.05, 0.1) is 0 Å². The van der Waals surface area contributed by atoms with Crippen LogP contribution in [0.1, 0.15) is 45.5 Å². The van der Waals surface area contributed by atoms with Crippen LogP contribution in [0.25, 0.3) is 10.8 Å². The van der Waals surface area contributed by atoms with Crippen LogP contribution in [0, 0.1) is 6.92 Å². The van der Waals surface area contributed by atoms with Crippen LogP contribution >= 0.6 is 0 Å². The van der Waals surface area contributed by atoms with E-state index in [2.05, 4.69) is 10.6 Å². The molecule has 0 unspecified atom stereocenters. The molecule has 3 amide bonds. The molecule has 1 aliphatic rings. The SMILES string of the molecule is Cc1ccc(C(=O)NCCCN2CCCC2=O)cc1NC(=O)c1cccc2ccccc12. The van der Waals surface area contributed by atoms with E-state index in [1.165, 1.54) is 0 Å². The van der Waals surface area contributed by atoms with Gasteiger partial charge < -0.3 is 15.5 Å². The topological polar surface area (TPSA) is 78.5 Å². The molecule has 2 N–H and O–H groups in total. The van der Waals surface area contributed by atoms with Crippen molar-refractivity contribution in [3.63, 3.8) is 0 Å². The van der Waals surface area contributed by atoms with Gasteiger partial charge in [0.1, 0.15) is 0 Å². The minimum Gasteiger partial charge on any atom is -0.352 e. The van der Waals surface area contributed by atoms with Crippen LogP contribution in [-0.4, -0.2) is 42.3 Å². The quantitative estimate of drug-likeness (QED) is 0.554. The fraction of sp³-hybridized carbons (Fsp3) is 0.269. The summed E-state index contributed by atoms with van der Waals surface area (Å²) in [5.41, 5.74) is 2.57. The molecule has 0 radical (unpaired) electrons. The lowest BCUT2D eigenvalue weighted by molar-refractivity contribution is -0.127. The zero-order valence-corrected chi connectivity index (χ0v) is 18.2. The van der Waals surface area contributed by atoms with Crippen molar-refractivity contribution in [2.24, 2.45) is 0 Å². The van der Waals surface area contributed by atoms with E-state index in [0.717, 1.165) is 29.3 Å². The first-order valence-electron chi connectivity index (χ1n) is 11.0. The summed E-state index contributed by atoms with van der Waals surface area (Å²) >= 11 is 0. The van der Waals surface area contributed by atoms with Gasteiger partial charge in [0.25, 0.3) is 11.8 Å². The highest BCUT2D eigenvalue weighted by Gasteiger charge is 2.19. The summed E-state index contributed by atoms with van der Waals surface area (Å²) in [7, 11) is 0. The number of fused-ring (bicyclic) bond motifs is 1. The molecule has 3 aromatic carbocycles. The molecule has 4 rings (SSSR count). The molecule has 1 heterocycles. The van der Waals surface area contributed by atoms with E-state index in [1.807, 2.05) is 54.3 Å². The third kappa shape index (κ3) is 4.80. The summed E-state index contributed by atoms with van der Waals surface area (Å²) in [6.45, 7) is 3.87. The highest BCUT2D eigenvalue weighted by atomic mass is 16.2. The average Bonchev–Trinajstić information content (AvgIpc) is 3.22. The third-order valence-corrected chi connectivity index (χ3v) is 5.84. The number of nitrogens with zero attached hydrogens (tertiary/aromatic N) is 1. The number of likely N-dealkylation sites (tertiary alicyclic amines) is 1. The van der Waals surface area contributed by atoms with Crippen LogP contribution in [0.2, 0.25) is 0 Å². The standard InChI is InChI=1S/C26H27N3O3/c1-18-12-13-20(25(31)27-14-6-16-29-15-5-11-24(29)30)17-23(18)28-26(32)22-10-4-8-19-7-2-3-9-21(19)22/h2-4,7-10,12-13,17H,5-6,11,14-16H2,1H3,(H,27,31)(H,28,32). The van der Waals surface area contributed by atoms with Gasteiger partial charge in [-0.3, -0.25) is 14.4 Å². The number of benzene rings is 3. The van der Waals surface area contributed by atoms with Gasteiger partial charge in [-0.05, 0) is 54.3 Å². The number of nitrogens with one attached hydrogen (secondary N) is 2. The van der Waals surface area contributed by atoms with Crippen LogP contribution in [0.4, 0.5) is 5.69 Å². The number of anilines is 1. The van der Waals surface area contributed by atoms with Crippen molar-refractivity contribution in [3.8, 4) is 0 Å². The predicted octanol–water partition coefficient (Wildman–Crippen LogP) is 4.14. The molecule has 0 atom stereocenters. The van der Waals surface area contributed by atoms with Crippen molar-refractivity contribution >= 4 is 34.2 Å². The molecule has 6 nitrogen and oxygen atoms in total. The fourth-order valence-electron chi connectivity index (χ4n) is 4.03. The minimum absolute atomic E-state index is 0.196. The normalized spacial score (nSPS) is 13.4. The number of amides is 3. The Bertz CT molecular complexity index is 1170. The number of rotatable bonds is 7. The molecular formula is C26H27N3O3. The highest BCUT2D eigenvalue weighted by molar-refractivity contribution is 6.13. The molecule has 0 spiro atoms. The molecule has 6 heteroatoms. The molecule has 1 fully saturated rings. The second-order valence-electron chi connectivity index (χ2n) is 8.10. The minimum atomic E-state index is -0.210. The molecule has 1 saturated heterocycles. The van der Waals surface area contributed by atoms with Crippen LogP contribution in [0.5, 0.6) is 0 Å². The summed E-state index contributed by atoms with van der Waals surface area (Å²) in [5, 5.41) is 7.75. The van der Waals surface area contributed by atoms with Gasteiger partial charge in [-0.2, -0.15) is 0 Å². The number of aryl methyl sites for hydroxylation is 1. The fourth-order valence-corrected chi connectivity index (χ4v) is 4.03. The Balaban J connectivity index is 1.40. The van der Waals surface area contributed by atoms with Crippen molar-refractivity contribution < 1.29 is 14.4 Å². The summed E-state index contributed by atoms with van der Waals surface area (Å²) in [6.07, 6.45) is 2.26. The summed E-state index contributed by atoms with van der Waals surface area (Å²) in [6, 6.07) is 18.7. The Kier molecular flexibility index (Phi) is 6.50. The lowest BCUT2D eigenvalue weighted by Gasteiger charge is -2.15. The zero-order chi connectivity index (χ0) is 22.5. The molecule has 164 valence electrons. The summed E-state index contributed by atoms with van der Waals surface area (Å²) in [5.74, 6) is -0.211. The van der Waals surface area contributed by atoms with E-state index in [1.54, 1.807) is 18.2 Å². The first-order valence-corrected chi connectivity index (χ1v) is 11.0. The maximum Gasteiger partial charge on any atom is 0.256 e. The Morgan fingerprint density at radius 2 is 1.81 bits per heavy atom. The zero-order valence-electron chi connectivity index (χ0n) is 18.2. The smallest absolute Gasteiger partial charge is 0.256 e. The van der Waals surface area contributed by atoms with Crippen molar-refractivity contribution in [1.82, 2.24) is 10.2 Å². The lowest BCUT2D eigenvalue weighted by Crippen LogP contribution is -2.30. The second-order valence-corrected chi connectivity index (χ2v) is 8.10. The van der Waals surface area contributed by atoms with Gasteiger partial charge in [-0.25, -0.2) is 0 Å². The Morgan fingerprint density at radius 1 is 1.00 bits per heavy atom. The second kappa shape index (κ2) is 9.64. The molecule has 0 aliphatic carbocycles. The maximum atomic E-state index is 13.0. The number of carbonyl (C=O) groups is 3. The van der Waals surface area contributed by atoms with Crippen LogP contribution in [-0.2, 0) is 4.79 Å². The van der Waals surface area contributed by atoms with Crippen molar-refractivity contribution in [3.05, 3.63) is 77.4 Å². The number of hydrogen-bond donors (Lipinski definition) is 2. The first kappa shape index (κ1) is 21.6. The van der Waals surface area contributed by atoms with Crippen LogP contribution in [0.3, 0.4) is 0 Å². The van der Waals surface area contributed by atoms with E-state index in [9.17, 15) is 14.4 Å². The summed E-state index contributed by atoms with van der Waals surface area (Å²) in [4.78, 5) is 39.1. The van der Waals surface area contributed by atoms with Crippen LogP contribution in [0.15, 0.2) is 60.7 Å². The van der Waals surface area contributed by atoms with Crippen molar-refractivity contribution in [2.75, 3.05) is 25.0 Å². The molecular weight excluding hydrogens is 402 g/mol. The van der Waals surface area contributed by atoms with Gasteiger partial charge in [-0.1, -0.05) is 42.5 Å². The number of carbonyl (C=O) groups excluding carboxylic acids is 3. The molecule has 0 bridgehead atoms. The van der Waals surface area contributed by atoms with Crippen molar-refractivity contribution in [1.29, 1.82) is 0 Å². The highest BCUT2D eigenvalue weighted by Crippen LogP contribution is 2.22. The monoisotopic (exact) mass is 429 g/mol. The van der Waals surface area contributed by atoms with E-state index < -0.39 is 0 Å². The largest absolute Gasteiger partial charge is 0.352 e. The van der Waals surface area contributed by atoms with Gasteiger partial charge in [0, 0.05) is 42.9 Å². The first-order chi connectivity index (χ1) is 15.5.